The van der Waals surface area contributed by atoms with Gasteiger partial charge in [0.05, 0.1) is 6.07 Å². The van der Waals surface area contributed by atoms with Crippen LogP contribution in [0.3, 0.4) is 0 Å². The Morgan fingerprint density at radius 2 is 1.84 bits per heavy atom. The molecule has 10 nitrogen and oxygen atoms in total. The fourth-order valence-corrected chi connectivity index (χ4v) is 6.32. The molecule has 0 aromatic heterocycles. The fourth-order valence-electron chi connectivity index (χ4n) is 6.32. The van der Waals surface area contributed by atoms with Gasteiger partial charge in [-0.2, -0.15) is 18.4 Å². The van der Waals surface area contributed by atoms with Crippen molar-refractivity contribution in [2.24, 2.45) is 17.8 Å². The van der Waals surface area contributed by atoms with Gasteiger partial charge in [0.15, 0.2) is 0 Å². The van der Waals surface area contributed by atoms with E-state index in [9.17, 15) is 37.6 Å². The first kappa shape index (κ1) is 27.2. The van der Waals surface area contributed by atoms with E-state index >= 15 is 0 Å². The summed E-state index contributed by atoms with van der Waals surface area (Å²) in [6, 6.07) is -1.57. The fraction of sp³-hybridized carbons (Fsp3) is 0.792. The summed E-state index contributed by atoms with van der Waals surface area (Å²) >= 11 is 0. The summed E-state index contributed by atoms with van der Waals surface area (Å²) in [5, 5.41) is 16.9. The summed E-state index contributed by atoms with van der Waals surface area (Å²) in [6.45, 7) is 1.65. The first-order valence-electron chi connectivity index (χ1n) is 12.9. The van der Waals surface area contributed by atoms with Gasteiger partial charge in [-0.05, 0) is 76.9 Å². The smallest absolute Gasteiger partial charge is 0.356 e. The van der Waals surface area contributed by atoms with Crippen LogP contribution in [0.2, 0.25) is 0 Å². The van der Waals surface area contributed by atoms with Crippen LogP contribution >= 0.6 is 0 Å². The van der Waals surface area contributed by atoms with Crippen molar-refractivity contribution < 1.29 is 32.3 Å². The van der Waals surface area contributed by atoms with Crippen molar-refractivity contribution in [1.29, 1.82) is 5.26 Å². The minimum atomic E-state index is -5.14. The quantitative estimate of drug-likeness (QED) is 0.437. The first-order valence-corrected chi connectivity index (χ1v) is 12.9. The van der Waals surface area contributed by atoms with E-state index in [1.54, 1.807) is 0 Å². The first-order chi connectivity index (χ1) is 17.5. The molecule has 6 atom stereocenters. The van der Waals surface area contributed by atoms with Crippen LogP contribution in [0.4, 0.5) is 13.2 Å². The molecule has 3 N–H and O–H groups in total. The zero-order chi connectivity index (χ0) is 26.9. The lowest BCUT2D eigenvalue weighted by molar-refractivity contribution is -0.176. The number of nitriles is 1. The molecule has 4 amide bonds. The molecule has 1 saturated carbocycles. The van der Waals surface area contributed by atoms with Gasteiger partial charge < -0.3 is 25.8 Å². The molecule has 0 aromatic carbocycles. The van der Waals surface area contributed by atoms with E-state index in [1.165, 1.54) is 4.90 Å². The van der Waals surface area contributed by atoms with Crippen LogP contribution in [0.1, 0.15) is 44.9 Å². The SMILES string of the molecule is CN1CCC([C@H](NC(=O)C(F)(F)F)C(=O)N2[C@@H]3CC[C@@H](C3)[C@H]2C(=O)N[C@H](C#N)C[C@@H]2CCNC2=O)CC1. The second-order valence-corrected chi connectivity index (χ2v) is 10.7. The Kier molecular flexibility index (Phi) is 7.96. The monoisotopic (exact) mass is 526 g/mol. The normalized spacial score (nSPS) is 29.9. The minimum Gasteiger partial charge on any atom is -0.356 e. The maximum absolute atomic E-state index is 13.8. The predicted molar refractivity (Wildman–Crippen MR) is 123 cm³/mol. The molecule has 4 rings (SSSR count). The molecule has 4 aliphatic rings. The highest BCUT2D eigenvalue weighted by molar-refractivity contribution is 5.94. The highest BCUT2D eigenvalue weighted by Crippen LogP contribution is 2.43. The van der Waals surface area contributed by atoms with Gasteiger partial charge in [0.2, 0.25) is 17.7 Å². The molecule has 3 aliphatic heterocycles. The number of halogens is 3. The standard InChI is InChI=1S/C24H33F3N6O4/c1-32-8-5-13(6-9-32)18(31-23(37)24(25,26)27)22(36)33-17-3-2-14(11-17)19(33)21(35)30-16(12-28)10-15-4-7-29-20(15)34/h13-19H,2-11H2,1H3,(H,29,34)(H,30,35)(H,31,37)/t14-,15-,16-,17+,18-,19-/m0/s1. The number of rotatable bonds is 7. The lowest BCUT2D eigenvalue weighted by atomic mass is 9.87. The Balaban J connectivity index is 1.52. The van der Waals surface area contributed by atoms with Crippen LogP contribution in [0.25, 0.3) is 0 Å². The van der Waals surface area contributed by atoms with E-state index in [4.69, 9.17) is 0 Å². The summed E-state index contributed by atoms with van der Waals surface area (Å²) in [5.74, 6) is -4.64. The highest BCUT2D eigenvalue weighted by atomic mass is 19.4. The van der Waals surface area contributed by atoms with Gasteiger partial charge in [0, 0.05) is 18.5 Å². The van der Waals surface area contributed by atoms with Crippen molar-refractivity contribution in [1.82, 2.24) is 25.8 Å². The number of carbonyl (C=O) groups excluding carboxylic acids is 4. The number of piperidine rings is 2. The third-order valence-corrected chi connectivity index (χ3v) is 8.31. The average Bonchev–Trinajstić information content (AvgIpc) is 3.58. The Labute approximate surface area is 213 Å². The van der Waals surface area contributed by atoms with Crippen LogP contribution < -0.4 is 16.0 Å². The van der Waals surface area contributed by atoms with Crippen LogP contribution in [-0.2, 0) is 19.2 Å². The molecule has 37 heavy (non-hydrogen) atoms. The lowest BCUT2D eigenvalue weighted by Gasteiger charge is -2.40. The summed E-state index contributed by atoms with van der Waals surface area (Å²) in [4.78, 5) is 54.3. The summed E-state index contributed by atoms with van der Waals surface area (Å²) in [7, 11) is 1.88. The van der Waals surface area contributed by atoms with Gasteiger partial charge in [-0.3, -0.25) is 19.2 Å². The van der Waals surface area contributed by atoms with E-state index in [-0.39, 0.29) is 24.3 Å². The number of alkyl halides is 3. The number of likely N-dealkylation sites (tertiary alicyclic amines) is 2. The summed E-state index contributed by atoms with van der Waals surface area (Å²) < 4.78 is 39.4. The Bertz CT molecular complexity index is 961. The average molecular weight is 527 g/mol. The van der Waals surface area contributed by atoms with Gasteiger partial charge in [-0.15, -0.1) is 0 Å². The molecule has 204 valence electrons. The molecule has 0 radical (unpaired) electrons. The topological polar surface area (TPSA) is 135 Å². The van der Waals surface area contributed by atoms with Crippen molar-refractivity contribution in [3.8, 4) is 6.07 Å². The molecule has 13 heteroatoms. The number of hydrogen-bond acceptors (Lipinski definition) is 6. The lowest BCUT2D eigenvalue weighted by Crippen LogP contribution is -2.62. The molecule has 4 fully saturated rings. The van der Waals surface area contributed by atoms with Gasteiger partial charge in [0.1, 0.15) is 18.1 Å². The van der Waals surface area contributed by atoms with Crippen molar-refractivity contribution in [2.45, 2.75) is 75.3 Å². The van der Waals surface area contributed by atoms with Gasteiger partial charge >= 0.3 is 12.1 Å². The van der Waals surface area contributed by atoms with Crippen LogP contribution in [0.5, 0.6) is 0 Å². The molecule has 0 aromatic rings. The second kappa shape index (κ2) is 10.8. The predicted octanol–water partition coefficient (Wildman–Crippen LogP) is 0.289. The molecular formula is C24H33F3N6O4. The van der Waals surface area contributed by atoms with Crippen LogP contribution in [-0.4, -0.2) is 90.5 Å². The Morgan fingerprint density at radius 3 is 2.43 bits per heavy atom. The maximum atomic E-state index is 13.8. The highest BCUT2D eigenvalue weighted by Gasteiger charge is 2.54. The summed E-state index contributed by atoms with van der Waals surface area (Å²) in [6.07, 6.45) is -1.73. The van der Waals surface area contributed by atoms with E-state index in [1.807, 2.05) is 23.3 Å². The maximum Gasteiger partial charge on any atom is 0.471 e. The van der Waals surface area contributed by atoms with Gasteiger partial charge in [0.25, 0.3) is 0 Å². The third-order valence-electron chi connectivity index (χ3n) is 8.31. The van der Waals surface area contributed by atoms with E-state index < -0.39 is 53.9 Å². The Morgan fingerprint density at radius 1 is 1.14 bits per heavy atom. The molecule has 0 unspecified atom stereocenters. The molecule has 2 bridgehead atoms. The van der Waals surface area contributed by atoms with Crippen LogP contribution in [0.15, 0.2) is 0 Å². The number of nitrogens with one attached hydrogen (secondary N) is 3. The number of fused-ring (bicyclic) bond motifs is 2. The number of nitrogens with zero attached hydrogens (tertiary/aromatic N) is 3. The third kappa shape index (κ3) is 5.84. The van der Waals surface area contributed by atoms with Crippen molar-refractivity contribution in [2.75, 3.05) is 26.7 Å². The van der Waals surface area contributed by atoms with E-state index in [0.717, 1.165) is 0 Å². The molecule has 1 aliphatic carbocycles. The molecule has 3 heterocycles. The van der Waals surface area contributed by atoms with Gasteiger partial charge in [-0.25, -0.2) is 0 Å². The molecule has 3 saturated heterocycles. The molecule has 0 spiro atoms. The molecular weight excluding hydrogens is 493 g/mol. The minimum absolute atomic E-state index is 0.142. The number of hydrogen-bond donors (Lipinski definition) is 3. The zero-order valence-electron chi connectivity index (χ0n) is 20.7. The zero-order valence-corrected chi connectivity index (χ0v) is 20.7. The van der Waals surface area contributed by atoms with Crippen molar-refractivity contribution in [3.05, 3.63) is 0 Å². The van der Waals surface area contributed by atoms with Gasteiger partial charge in [-0.1, -0.05) is 0 Å². The number of amides is 4. The number of carbonyl (C=O) groups is 4. The summed E-state index contributed by atoms with van der Waals surface area (Å²) in [5.41, 5.74) is 0. The van der Waals surface area contributed by atoms with E-state index in [2.05, 4.69) is 10.6 Å². The van der Waals surface area contributed by atoms with Crippen molar-refractivity contribution in [3.63, 3.8) is 0 Å². The Hall–Kier alpha value is -2.88. The second-order valence-electron chi connectivity index (χ2n) is 10.7. The van der Waals surface area contributed by atoms with E-state index in [0.29, 0.717) is 58.2 Å². The van der Waals surface area contributed by atoms with Crippen molar-refractivity contribution >= 4 is 23.6 Å². The van der Waals surface area contributed by atoms with Crippen LogP contribution in [0, 0.1) is 29.1 Å². The largest absolute Gasteiger partial charge is 0.471 e.